The highest BCUT2D eigenvalue weighted by Gasteiger charge is 2.31. The Morgan fingerprint density at radius 1 is 1.32 bits per heavy atom. The second-order valence-corrected chi connectivity index (χ2v) is 6.31. The molecular formula is C17H28N2. The number of rotatable bonds is 6. The Labute approximate surface area is 118 Å². The van der Waals surface area contributed by atoms with E-state index >= 15 is 0 Å². The van der Waals surface area contributed by atoms with Crippen LogP contribution in [0, 0.1) is 5.92 Å². The molecule has 0 bridgehead atoms. The minimum absolute atomic E-state index is 0.0857. The van der Waals surface area contributed by atoms with Crippen LogP contribution in [0.25, 0.3) is 0 Å². The van der Waals surface area contributed by atoms with E-state index in [-0.39, 0.29) is 5.41 Å². The highest BCUT2D eigenvalue weighted by atomic mass is 15.2. The molecule has 1 aromatic rings. The van der Waals surface area contributed by atoms with Crippen LogP contribution in [0.4, 0.5) is 0 Å². The van der Waals surface area contributed by atoms with Gasteiger partial charge in [0.05, 0.1) is 0 Å². The molecule has 2 unspecified atom stereocenters. The summed E-state index contributed by atoms with van der Waals surface area (Å²) in [6, 6.07) is 10.7. The van der Waals surface area contributed by atoms with E-state index < -0.39 is 0 Å². The van der Waals surface area contributed by atoms with Gasteiger partial charge in [0.25, 0.3) is 0 Å². The van der Waals surface area contributed by atoms with Crippen LogP contribution in [-0.2, 0) is 5.41 Å². The van der Waals surface area contributed by atoms with E-state index in [0.717, 1.165) is 12.5 Å². The van der Waals surface area contributed by atoms with Gasteiger partial charge in [-0.15, -0.1) is 0 Å². The van der Waals surface area contributed by atoms with Crippen molar-refractivity contribution in [2.75, 3.05) is 26.2 Å². The number of nitrogens with two attached hydrogens (primary N) is 1. The summed E-state index contributed by atoms with van der Waals surface area (Å²) in [6.45, 7) is 8.90. The van der Waals surface area contributed by atoms with Crippen molar-refractivity contribution in [1.29, 1.82) is 0 Å². The van der Waals surface area contributed by atoms with Gasteiger partial charge in [0.15, 0.2) is 0 Å². The summed E-state index contributed by atoms with van der Waals surface area (Å²) in [5.74, 6) is 0.905. The zero-order valence-corrected chi connectivity index (χ0v) is 12.4. The van der Waals surface area contributed by atoms with Gasteiger partial charge in [0.1, 0.15) is 0 Å². The average molecular weight is 260 g/mol. The molecule has 2 heteroatoms. The van der Waals surface area contributed by atoms with Gasteiger partial charge in [-0.25, -0.2) is 0 Å². The zero-order valence-electron chi connectivity index (χ0n) is 12.4. The Morgan fingerprint density at radius 2 is 2.05 bits per heavy atom. The third kappa shape index (κ3) is 3.58. The molecule has 0 spiro atoms. The number of hydrogen-bond donors (Lipinski definition) is 1. The molecule has 0 saturated carbocycles. The predicted octanol–water partition coefficient (Wildman–Crippen LogP) is 3.03. The zero-order chi connectivity index (χ0) is 13.7. The molecule has 0 aliphatic carbocycles. The number of hydrogen-bond acceptors (Lipinski definition) is 2. The summed E-state index contributed by atoms with van der Waals surface area (Å²) in [5, 5.41) is 0. The van der Waals surface area contributed by atoms with Crippen molar-refractivity contribution in [2.24, 2.45) is 11.7 Å². The average Bonchev–Trinajstić information content (AvgIpc) is 2.87. The molecule has 0 aromatic heterocycles. The fourth-order valence-corrected chi connectivity index (χ4v) is 3.31. The third-order valence-electron chi connectivity index (χ3n) is 4.56. The standard InChI is InChI=1S/C17H28N2/c1-3-7-15-10-11-19(12-15)14-17(2,13-18)16-8-5-4-6-9-16/h4-6,8-9,15H,3,7,10-14,18H2,1-2H3. The first-order chi connectivity index (χ1) is 9.18. The molecule has 2 rings (SSSR count). The van der Waals surface area contributed by atoms with E-state index in [4.69, 9.17) is 5.73 Å². The Bertz CT molecular complexity index is 376. The molecule has 19 heavy (non-hydrogen) atoms. The summed E-state index contributed by atoms with van der Waals surface area (Å²) < 4.78 is 0. The molecule has 0 radical (unpaired) electrons. The van der Waals surface area contributed by atoms with Crippen LogP contribution < -0.4 is 5.73 Å². The first kappa shape index (κ1) is 14.5. The van der Waals surface area contributed by atoms with Gasteiger partial charge in [-0.1, -0.05) is 50.6 Å². The lowest BCUT2D eigenvalue weighted by molar-refractivity contribution is 0.250. The normalized spacial score (nSPS) is 23.4. The van der Waals surface area contributed by atoms with Crippen LogP contribution in [0.2, 0.25) is 0 Å². The second-order valence-electron chi connectivity index (χ2n) is 6.31. The van der Waals surface area contributed by atoms with Crippen molar-refractivity contribution in [3.8, 4) is 0 Å². The number of nitrogens with zero attached hydrogens (tertiary/aromatic N) is 1. The minimum atomic E-state index is 0.0857. The molecular weight excluding hydrogens is 232 g/mol. The summed E-state index contributed by atoms with van der Waals surface area (Å²) in [5.41, 5.74) is 7.54. The second kappa shape index (κ2) is 6.53. The maximum absolute atomic E-state index is 6.08. The Morgan fingerprint density at radius 3 is 2.68 bits per heavy atom. The van der Waals surface area contributed by atoms with Crippen LogP contribution in [-0.4, -0.2) is 31.1 Å². The Balaban J connectivity index is 2.00. The van der Waals surface area contributed by atoms with Gasteiger partial charge in [0.2, 0.25) is 0 Å². The van der Waals surface area contributed by atoms with Crippen molar-refractivity contribution in [3.63, 3.8) is 0 Å². The summed E-state index contributed by atoms with van der Waals surface area (Å²) in [7, 11) is 0. The lowest BCUT2D eigenvalue weighted by Gasteiger charge is -2.33. The topological polar surface area (TPSA) is 29.3 Å². The van der Waals surface area contributed by atoms with Crippen molar-refractivity contribution < 1.29 is 0 Å². The van der Waals surface area contributed by atoms with Crippen LogP contribution in [0.1, 0.15) is 38.7 Å². The minimum Gasteiger partial charge on any atom is -0.330 e. The first-order valence-electron chi connectivity index (χ1n) is 7.66. The fourth-order valence-electron chi connectivity index (χ4n) is 3.31. The fraction of sp³-hybridized carbons (Fsp3) is 0.647. The van der Waals surface area contributed by atoms with E-state index in [1.54, 1.807) is 0 Å². The molecule has 1 aliphatic heterocycles. The predicted molar refractivity (Wildman–Crippen MR) is 82.3 cm³/mol. The Kier molecular flexibility index (Phi) is 5.00. The first-order valence-corrected chi connectivity index (χ1v) is 7.66. The van der Waals surface area contributed by atoms with E-state index in [0.29, 0.717) is 6.54 Å². The largest absolute Gasteiger partial charge is 0.330 e. The molecule has 1 heterocycles. The molecule has 1 aromatic carbocycles. The van der Waals surface area contributed by atoms with Crippen LogP contribution in [0.15, 0.2) is 30.3 Å². The van der Waals surface area contributed by atoms with Gasteiger partial charge in [0, 0.05) is 25.0 Å². The molecule has 1 aliphatic rings. The molecule has 2 N–H and O–H groups in total. The van der Waals surface area contributed by atoms with Gasteiger partial charge in [-0.2, -0.15) is 0 Å². The smallest absolute Gasteiger partial charge is 0.0174 e. The number of likely N-dealkylation sites (tertiary alicyclic amines) is 1. The van der Waals surface area contributed by atoms with E-state index in [1.165, 1.54) is 37.9 Å². The number of benzene rings is 1. The highest BCUT2D eigenvalue weighted by molar-refractivity contribution is 5.25. The van der Waals surface area contributed by atoms with Gasteiger partial charge < -0.3 is 10.6 Å². The quantitative estimate of drug-likeness (QED) is 0.852. The third-order valence-corrected chi connectivity index (χ3v) is 4.56. The monoisotopic (exact) mass is 260 g/mol. The summed E-state index contributed by atoms with van der Waals surface area (Å²) in [4.78, 5) is 2.61. The van der Waals surface area contributed by atoms with Crippen molar-refractivity contribution in [3.05, 3.63) is 35.9 Å². The maximum Gasteiger partial charge on any atom is 0.0174 e. The van der Waals surface area contributed by atoms with E-state index in [1.807, 2.05) is 0 Å². The molecule has 106 valence electrons. The van der Waals surface area contributed by atoms with Crippen molar-refractivity contribution >= 4 is 0 Å². The Hall–Kier alpha value is -0.860. The SMILES string of the molecule is CCCC1CCN(CC(C)(CN)c2ccccc2)C1. The van der Waals surface area contributed by atoms with Crippen LogP contribution in [0.3, 0.4) is 0 Å². The molecule has 0 amide bonds. The van der Waals surface area contributed by atoms with E-state index in [9.17, 15) is 0 Å². The molecule has 2 atom stereocenters. The molecule has 1 saturated heterocycles. The highest BCUT2D eigenvalue weighted by Crippen LogP contribution is 2.28. The van der Waals surface area contributed by atoms with Crippen LogP contribution in [0.5, 0.6) is 0 Å². The van der Waals surface area contributed by atoms with Gasteiger partial charge in [-0.05, 0) is 30.9 Å². The van der Waals surface area contributed by atoms with Crippen molar-refractivity contribution in [1.82, 2.24) is 4.90 Å². The van der Waals surface area contributed by atoms with E-state index in [2.05, 4.69) is 49.1 Å². The van der Waals surface area contributed by atoms with Crippen LogP contribution >= 0.6 is 0 Å². The van der Waals surface area contributed by atoms with Gasteiger partial charge in [-0.3, -0.25) is 0 Å². The lowest BCUT2D eigenvalue weighted by Crippen LogP contribution is -2.43. The van der Waals surface area contributed by atoms with Crippen molar-refractivity contribution in [2.45, 2.75) is 38.5 Å². The van der Waals surface area contributed by atoms with Gasteiger partial charge >= 0.3 is 0 Å². The lowest BCUT2D eigenvalue weighted by atomic mass is 9.82. The maximum atomic E-state index is 6.08. The summed E-state index contributed by atoms with van der Waals surface area (Å²) >= 11 is 0. The molecule has 2 nitrogen and oxygen atoms in total. The summed E-state index contributed by atoms with van der Waals surface area (Å²) in [6.07, 6.45) is 4.05. The molecule has 1 fully saturated rings.